The zero-order valence-corrected chi connectivity index (χ0v) is 11.6. The highest BCUT2D eigenvalue weighted by molar-refractivity contribution is 5.89. The molecular formula is C17H17FN2O. The highest BCUT2D eigenvalue weighted by Crippen LogP contribution is 2.29. The average Bonchev–Trinajstić information content (AvgIpc) is 2.50. The maximum Gasteiger partial charge on any atom is 0.319 e. The van der Waals surface area contributed by atoms with Gasteiger partial charge in [0.15, 0.2) is 0 Å². The number of aryl methyl sites for hydroxylation is 1. The van der Waals surface area contributed by atoms with Crippen molar-refractivity contribution < 1.29 is 9.18 Å². The Morgan fingerprint density at radius 3 is 2.67 bits per heavy atom. The van der Waals surface area contributed by atoms with E-state index in [9.17, 15) is 9.18 Å². The lowest BCUT2D eigenvalue weighted by molar-refractivity contribution is 0.247. The fourth-order valence-corrected chi connectivity index (χ4v) is 2.76. The van der Waals surface area contributed by atoms with Crippen LogP contribution in [0.15, 0.2) is 48.5 Å². The van der Waals surface area contributed by atoms with E-state index in [2.05, 4.69) is 22.8 Å². The number of hydrogen-bond donors (Lipinski definition) is 2. The highest BCUT2D eigenvalue weighted by Gasteiger charge is 2.21. The van der Waals surface area contributed by atoms with Crippen molar-refractivity contribution in [2.75, 3.05) is 5.32 Å². The molecule has 4 heteroatoms. The van der Waals surface area contributed by atoms with E-state index in [-0.39, 0.29) is 17.9 Å². The standard InChI is InChI=1S/C17H17FN2O/c18-13-8-10-14(11-9-13)19-17(21)20-16-7-3-5-12-4-1-2-6-15(12)16/h1-2,4,6,8-11,16H,3,5,7H2,(H2,19,20,21)/t16-/m1/s1. The Hall–Kier alpha value is -2.36. The summed E-state index contributed by atoms with van der Waals surface area (Å²) in [4.78, 5) is 12.1. The molecule has 2 N–H and O–H groups in total. The Morgan fingerprint density at radius 1 is 1.10 bits per heavy atom. The topological polar surface area (TPSA) is 41.1 Å². The van der Waals surface area contributed by atoms with Crippen molar-refractivity contribution in [3.63, 3.8) is 0 Å². The van der Waals surface area contributed by atoms with Gasteiger partial charge < -0.3 is 10.6 Å². The summed E-state index contributed by atoms with van der Waals surface area (Å²) in [5.74, 6) is -0.317. The zero-order valence-electron chi connectivity index (χ0n) is 11.6. The number of rotatable bonds is 2. The van der Waals surface area contributed by atoms with Crippen molar-refractivity contribution in [3.8, 4) is 0 Å². The molecule has 21 heavy (non-hydrogen) atoms. The number of fused-ring (bicyclic) bond motifs is 1. The Morgan fingerprint density at radius 2 is 1.86 bits per heavy atom. The first kappa shape index (κ1) is 13.6. The van der Waals surface area contributed by atoms with Gasteiger partial charge in [0.2, 0.25) is 0 Å². The quantitative estimate of drug-likeness (QED) is 0.859. The number of halogens is 1. The molecule has 0 unspecified atom stereocenters. The molecule has 0 radical (unpaired) electrons. The van der Waals surface area contributed by atoms with Gasteiger partial charge in [0.1, 0.15) is 5.82 Å². The van der Waals surface area contributed by atoms with Gasteiger partial charge in [-0.15, -0.1) is 0 Å². The first-order valence-electron chi connectivity index (χ1n) is 7.13. The number of carbonyl (C=O) groups is 1. The molecule has 0 fully saturated rings. The molecule has 3 nitrogen and oxygen atoms in total. The number of carbonyl (C=O) groups excluding carboxylic acids is 1. The molecule has 2 aromatic carbocycles. The zero-order chi connectivity index (χ0) is 14.7. The molecule has 2 aromatic rings. The van der Waals surface area contributed by atoms with Crippen LogP contribution in [0.25, 0.3) is 0 Å². The van der Waals surface area contributed by atoms with Crippen LogP contribution in [0, 0.1) is 5.82 Å². The van der Waals surface area contributed by atoms with Crippen molar-refractivity contribution in [2.24, 2.45) is 0 Å². The van der Waals surface area contributed by atoms with Crippen LogP contribution in [0.4, 0.5) is 14.9 Å². The molecule has 1 aliphatic rings. The number of anilines is 1. The Kier molecular flexibility index (Phi) is 3.86. The summed E-state index contributed by atoms with van der Waals surface area (Å²) in [7, 11) is 0. The maximum atomic E-state index is 12.8. The van der Waals surface area contributed by atoms with Gasteiger partial charge in [0, 0.05) is 5.69 Å². The van der Waals surface area contributed by atoms with Gasteiger partial charge in [0.05, 0.1) is 6.04 Å². The van der Waals surface area contributed by atoms with Gasteiger partial charge in [0.25, 0.3) is 0 Å². The van der Waals surface area contributed by atoms with E-state index in [1.165, 1.54) is 23.3 Å². The third-order valence-electron chi connectivity index (χ3n) is 3.78. The number of nitrogens with one attached hydrogen (secondary N) is 2. The van der Waals surface area contributed by atoms with Crippen molar-refractivity contribution in [3.05, 3.63) is 65.5 Å². The van der Waals surface area contributed by atoms with Gasteiger partial charge in [-0.3, -0.25) is 0 Å². The average molecular weight is 284 g/mol. The van der Waals surface area contributed by atoms with Crippen LogP contribution in [0.1, 0.15) is 30.0 Å². The third kappa shape index (κ3) is 3.21. The smallest absolute Gasteiger partial charge is 0.319 e. The molecule has 0 saturated heterocycles. The van der Waals surface area contributed by atoms with Gasteiger partial charge in [-0.25, -0.2) is 9.18 Å². The lowest BCUT2D eigenvalue weighted by Crippen LogP contribution is -2.34. The first-order valence-corrected chi connectivity index (χ1v) is 7.13. The minimum Gasteiger partial charge on any atom is -0.331 e. The summed E-state index contributed by atoms with van der Waals surface area (Å²) in [6.07, 6.45) is 3.07. The first-order chi connectivity index (χ1) is 10.2. The van der Waals surface area contributed by atoms with Crippen molar-refractivity contribution >= 4 is 11.7 Å². The van der Waals surface area contributed by atoms with E-state index >= 15 is 0 Å². The molecule has 1 atom stereocenters. The van der Waals surface area contributed by atoms with Crippen LogP contribution in [-0.2, 0) is 6.42 Å². The highest BCUT2D eigenvalue weighted by atomic mass is 19.1. The molecule has 0 aromatic heterocycles. The second kappa shape index (κ2) is 5.95. The number of benzene rings is 2. The minimum atomic E-state index is -0.317. The molecular weight excluding hydrogens is 267 g/mol. The van der Waals surface area contributed by atoms with E-state index in [1.807, 2.05) is 12.1 Å². The summed E-state index contributed by atoms with van der Waals surface area (Å²) in [6.45, 7) is 0. The van der Waals surface area contributed by atoms with Crippen molar-refractivity contribution in [1.82, 2.24) is 5.32 Å². The van der Waals surface area contributed by atoms with Crippen LogP contribution < -0.4 is 10.6 Å². The largest absolute Gasteiger partial charge is 0.331 e. The summed E-state index contributed by atoms with van der Waals surface area (Å²) < 4.78 is 12.8. The monoisotopic (exact) mass is 284 g/mol. The summed E-state index contributed by atoms with van der Waals surface area (Å²) in [5.41, 5.74) is 3.08. The number of amides is 2. The van der Waals surface area contributed by atoms with Crippen LogP contribution in [0.3, 0.4) is 0 Å². The normalized spacial score (nSPS) is 16.9. The van der Waals surface area contributed by atoms with E-state index in [0.717, 1.165) is 19.3 Å². The molecule has 2 amide bonds. The van der Waals surface area contributed by atoms with Crippen molar-refractivity contribution in [2.45, 2.75) is 25.3 Å². The second-order valence-corrected chi connectivity index (χ2v) is 5.25. The van der Waals surface area contributed by atoms with E-state index in [4.69, 9.17) is 0 Å². The Labute approximate surface area is 123 Å². The molecule has 0 saturated carbocycles. The van der Waals surface area contributed by atoms with Crippen LogP contribution >= 0.6 is 0 Å². The minimum absolute atomic E-state index is 0.0374. The Balaban J connectivity index is 1.67. The number of hydrogen-bond acceptors (Lipinski definition) is 1. The SMILES string of the molecule is O=C(Nc1ccc(F)cc1)N[C@@H]1CCCc2ccccc21. The Bertz CT molecular complexity index is 639. The van der Waals surface area contributed by atoms with Gasteiger partial charge in [-0.1, -0.05) is 24.3 Å². The molecule has 108 valence electrons. The summed E-state index contributed by atoms with van der Waals surface area (Å²) in [5, 5.41) is 5.72. The van der Waals surface area contributed by atoms with Gasteiger partial charge in [-0.2, -0.15) is 0 Å². The predicted molar refractivity (Wildman–Crippen MR) is 80.7 cm³/mol. The lowest BCUT2D eigenvalue weighted by atomic mass is 9.88. The fraction of sp³-hybridized carbons (Fsp3) is 0.235. The molecule has 1 aliphatic carbocycles. The summed E-state index contributed by atoms with van der Waals surface area (Å²) in [6, 6.07) is 13.7. The lowest BCUT2D eigenvalue weighted by Gasteiger charge is -2.26. The van der Waals surface area contributed by atoms with Crippen molar-refractivity contribution in [1.29, 1.82) is 0 Å². The number of urea groups is 1. The molecule has 0 spiro atoms. The van der Waals surface area contributed by atoms with Gasteiger partial charge in [-0.05, 0) is 54.7 Å². The van der Waals surface area contributed by atoms with Crippen LogP contribution in [0.5, 0.6) is 0 Å². The van der Waals surface area contributed by atoms with Crippen LogP contribution in [-0.4, -0.2) is 6.03 Å². The van der Waals surface area contributed by atoms with Gasteiger partial charge >= 0.3 is 6.03 Å². The maximum absolute atomic E-state index is 12.8. The molecule has 0 heterocycles. The van der Waals surface area contributed by atoms with Crippen LogP contribution in [0.2, 0.25) is 0 Å². The second-order valence-electron chi connectivity index (χ2n) is 5.25. The third-order valence-corrected chi connectivity index (χ3v) is 3.78. The molecule has 0 bridgehead atoms. The molecule has 0 aliphatic heterocycles. The predicted octanol–water partition coefficient (Wildman–Crippen LogP) is 4.02. The summed E-state index contributed by atoms with van der Waals surface area (Å²) >= 11 is 0. The van der Waals surface area contributed by atoms with E-state index in [0.29, 0.717) is 5.69 Å². The van der Waals surface area contributed by atoms with E-state index < -0.39 is 0 Å². The molecule has 3 rings (SSSR count). The van der Waals surface area contributed by atoms with E-state index in [1.54, 1.807) is 12.1 Å². The fourth-order valence-electron chi connectivity index (χ4n) is 2.76.